The summed E-state index contributed by atoms with van der Waals surface area (Å²) in [5.74, 6) is -0.862. The van der Waals surface area contributed by atoms with Crippen LogP contribution in [0.25, 0.3) is 0 Å². The van der Waals surface area contributed by atoms with Gasteiger partial charge in [0.2, 0.25) is 0 Å². The number of hydrogen-bond acceptors (Lipinski definition) is 7. The number of rotatable bonds is 6. The minimum absolute atomic E-state index is 0.0615. The van der Waals surface area contributed by atoms with Gasteiger partial charge in [-0.3, -0.25) is 9.59 Å². The Balaban J connectivity index is 2.81. The van der Waals surface area contributed by atoms with Crippen molar-refractivity contribution in [1.29, 1.82) is 0 Å². The summed E-state index contributed by atoms with van der Waals surface area (Å²) in [4.78, 5) is 22.0. The van der Waals surface area contributed by atoms with Crippen LogP contribution in [0.5, 0.6) is 0 Å². The van der Waals surface area contributed by atoms with Gasteiger partial charge in [-0.15, -0.1) is 0 Å². The molecule has 1 saturated heterocycles. The fourth-order valence-electron chi connectivity index (χ4n) is 2.42. The van der Waals surface area contributed by atoms with Crippen molar-refractivity contribution in [3.05, 3.63) is 0 Å². The fraction of sp³-hybridized carbons (Fsp3) is 0.846. The molecule has 0 aromatic carbocycles. The van der Waals surface area contributed by atoms with Crippen LogP contribution in [0.4, 0.5) is 0 Å². The van der Waals surface area contributed by atoms with E-state index in [2.05, 4.69) is 0 Å². The maximum Gasteiger partial charge on any atom is 0.302 e. The molecule has 0 bridgehead atoms. The lowest BCUT2D eigenvalue weighted by molar-refractivity contribution is -0.177. The van der Waals surface area contributed by atoms with E-state index in [1.165, 1.54) is 13.8 Å². The highest BCUT2D eigenvalue weighted by atomic mass is 16.6. The van der Waals surface area contributed by atoms with E-state index in [1.807, 2.05) is 0 Å². The molecule has 7 heteroatoms. The minimum atomic E-state index is -0.642. The molecule has 20 heavy (non-hydrogen) atoms. The molecule has 0 aromatic rings. The average Bonchev–Trinajstić information content (AvgIpc) is 2.42. The normalized spacial score (nSPS) is 25.0. The molecule has 0 radical (unpaired) electrons. The van der Waals surface area contributed by atoms with Gasteiger partial charge in [-0.2, -0.15) is 0 Å². The van der Waals surface area contributed by atoms with Crippen LogP contribution >= 0.6 is 0 Å². The third-order valence-electron chi connectivity index (χ3n) is 3.28. The molecular weight excluding hydrogens is 268 g/mol. The third-order valence-corrected chi connectivity index (χ3v) is 3.28. The zero-order valence-electron chi connectivity index (χ0n) is 11.8. The molecule has 0 aliphatic carbocycles. The first-order valence-electron chi connectivity index (χ1n) is 6.54. The standard InChI is InChI=1S/C13H22O7/c1-9(16)18-7-13(8-19-10(2)17)3-11(5-14)20-12(4-13)6-15/h11-12,14-15H,3-8H2,1-2H3/t11-,12-/m1/s1. The highest BCUT2D eigenvalue weighted by Gasteiger charge is 2.43. The van der Waals surface area contributed by atoms with E-state index in [4.69, 9.17) is 14.2 Å². The second kappa shape index (κ2) is 7.56. The SMILES string of the molecule is CC(=O)OCC1(COC(C)=O)C[C@H](CO)O[C@@H](CO)C1. The molecule has 0 unspecified atom stereocenters. The molecule has 1 heterocycles. The van der Waals surface area contributed by atoms with Gasteiger partial charge in [-0.25, -0.2) is 0 Å². The van der Waals surface area contributed by atoms with E-state index >= 15 is 0 Å². The third kappa shape index (κ3) is 5.07. The van der Waals surface area contributed by atoms with Crippen LogP contribution in [-0.2, 0) is 23.8 Å². The highest BCUT2D eigenvalue weighted by molar-refractivity contribution is 5.66. The number of esters is 2. The quantitative estimate of drug-likeness (QED) is 0.643. The van der Waals surface area contributed by atoms with Crippen LogP contribution in [0.2, 0.25) is 0 Å². The van der Waals surface area contributed by atoms with E-state index in [-0.39, 0.29) is 26.4 Å². The Kier molecular flexibility index (Phi) is 6.38. The molecule has 0 amide bonds. The van der Waals surface area contributed by atoms with Crippen molar-refractivity contribution in [2.75, 3.05) is 26.4 Å². The van der Waals surface area contributed by atoms with Gasteiger partial charge in [0.25, 0.3) is 0 Å². The van der Waals surface area contributed by atoms with E-state index in [0.717, 1.165) is 0 Å². The number of hydrogen-bond donors (Lipinski definition) is 2. The topological polar surface area (TPSA) is 102 Å². The molecule has 0 saturated carbocycles. The molecule has 116 valence electrons. The molecule has 2 N–H and O–H groups in total. The molecule has 1 aliphatic heterocycles. The summed E-state index contributed by atoms with van der Waals surface area (Å²) in [7, 11) is 0. The molecule has 1 rings (SSSR count). The summed E-state index contributed by atoms with van der Waals surface area (Å²) in [5.41, 5.74) is -0.642. The van der Waals surface area contributed by atoms with Crippen molar-refractivity contribution in [3.63, 3.8) is 0 Å². The maximum absolute atomic E-state index is 11.0. The summed E-state index contributed by atoms with van der Waals surface area (Å²) in [6.07, 6.45) is -0.180. The van der Waals surface area contributed by atoms with Crippen LogP contribution < -0.4 is 0 Å². The highest BCUT2D eigenvalue weighted by Crippen LogP contribution is 2.37. The van der Waals surface area contributed by atoms with Crippen LogP contribution in [0.15, 0.2) is 0 Å². The van der Waals surface area contributed by atoms with Gasteiger partial charge >= 0.3 is 11.9 Å². The molecule has 0 spiro atoms. The maximum atomic E-state index is 11.0. The Morgan fingerprint density at radius 2 is 1.45 bits per heavy atom. The van der Waals surface area contributed by atoms with Gasteiger partial charge in [0.1, 0.15) is 13.2 Å². The molecular formula is C13H22O7. The first kappa shape index (κ1) is 16.9. The fourth-order valence-corrected chi connectivity index (χ4v) is 2.42. The Morgan fingerprint density at radius 3 is 1.75 bits per heavy atom. The largest absolute Gasteiger partial charge is 0.465 e. The summed E-state index contributed by atoms with van der Waals surface area (Å²) in [6.45, 7) is 2.30. The second-order valence-corrected chi connectivity index (χ2v) is 5.21. The van der Waals surface area contributed by atoms with Crippen molar-refractivity contribution in [3.8, 4) is 0 Å². The van der Waals surface area contributed by atoms with Crippen molar-refractivity contribution >= 4 is 11.9 Å². The van der Waals surface area contributed by atoms with E-state index < -0.39 is 29.6 Å². The van der Waals surface area contributed by atoms with Gasteiger partial charge in [-0.05, 0) is 12.8 Å². The van der Waals surface area contributed by atoms with Crippen molar-refractivity contribution < 1.29 is 34.0 Å². The molecule has 2 atom stereocenters. The molecule has 1 aliphatic rings. The van der Waals surface area contributed by atoms with Crippen LogP contribution in [-0.4, -0.2) is 60.8 Å². The van der Waals surface area contributed by atoms with Gasteiger partial charge in [0.15, 0.2) is 0 Å². The smallest absolute Gasteiger partial charge is 0.302 e. The monoisotopic (exact) mass is 290 g/mol. The number of carbonyl (C=O) groups excluding carboxylic acids is 2. The summed E-state index contributed by atoms with van der Waals surface area (Å²) >= 11 is 0. The van der Waals surface area contributed by atoms with Crippen molar-refractivity contribution in [2.45, 2.75) is 38.9 Å². The predicted molar refractivity (Wildman–Crippen MR) is 67.8 cm³/mol. The Bertz CT molecular complexity index is 310. The van der Waals surface area contributed by atoms with Gasteiger partial charge in [-0.1, -0.05) is 0 Å². The Hall–Kier alpha value is -1.18. The average molecular weight is 290 g/mol. The molecule has 1 fully saturated rings. The summed E-state index contributed by atoms with van der Waals surface area (Å²) in [6, 6.07) is 0. The lowest BCUT2D eigenvalue weighted by Crippen LogP contribution is -2.48. The summed E-state index contributed by atoms with van der Waals surface area (Å²) in [5, 5.41) is 18.5. The number of aliphatic hydroxyl groups is 2. The molecule has 0 aromatic heterocycles. The zero-order chi connectivity index (χ0) is 15.2. The molecule has 7 nitrogen and oxygen atoms in total. The Labute approximate surface area is 117 Å². The number of aliphatic hydroxyl groups excluding tert-OH is 2. The minimum Gasteiger partial charge on any atom is -0.465 e. The number of ether oxygens (including phenoxy) is 3. The number of carbonyl (C=O) groups is 2. The van der Waals surface area contributed by atoms with Crippen molar-refractivity contribution in [1.82, 2.24) is 0 Å². The van der Waals surface area contributed by atoms with Crippen LogP contribution in [0.3, 0.4) is 0 Å². The van der Waals surface area contributed by atoms with Gasteiger partial charge in [0.05, 0.1) is 25.4 Å². The second-order valence-electron chi connectivity index (χ2n) is 5.21. The lowest BCUT2D eigenvalue weighted by Gasteiger charge is -2.42. The zero-order valence-corrected chi connectivity index (χ0v) is 11.8. The Morgan fingerprint density at radius 1 is 1.05 bits per heavy atom. The van der Waals surface area contributed by atoms with E-state index in [0.29, 0.717) is 12.8 Å². The van der Waals surface area contributed by atoms with Crippen LogP contribution in [0, 0.1) is 5.41 Å². The predicted octanol–water partition coefficient (Wildman–Crippen LogP) is -0.369. The first-order valence-corrected chi connectivity index (χ1v) is 6.54. The van der Waals surface area contributed by atoms with Crippen LogP contribution in [0.1, 0.15) is 26.7 Å². The van der Waals surface area contributed by atoms with Gasteiger partial charge < -0.3 is 24.4 Å². The first-order chi connectivity index (χ1) is 9.40. The van der Waals surface area contributed by atoms with E-state index in [1.54, 1.807) is 0 Å². The van der Waals surface area contributed by atoms with E-state index in [9.17, 15) is 19.8 Å². The lowest BCUT2D eigenvalue weighted by atomic mass is 9.76. The van der Waals surface area contributed by atoms with Crippen molar-refractivity contribution in [2.24, 2.45) is 5.41 Å². The van der Waals surface area contributed by atoms with Gasteiger partial charge in [0, 0.05) is 19.3 Å². The summed E-state index contributed by atoms with van der Waals surface area (Å²) < 4.78 is 15.6.